The predicted molar refractivity (Wildman–Crippen MR) is 332 cm³/mol. The number of aromatic nitrogens is 2. The molecular weight excluding hydrogens is 1180 g/mol. The van der Waals surface area contributed by atoms with Gasteiger partial charge in [-0.1, -0.05) is 173 Å². The third kappa shape index (κ3) is 8.53. The Labute approximate surface area is 499 Å². The minimum atomic E-state index is -0.195. The van der Waals surface area contributed by atoms with Crippen molar-refractivity contribution in [1.29, 1.82) is 0 Å². The molecule has 5 aliphatic rings. The van der Waals surface area contributed by atoms with Crippen LogP contribution in [0, 0.1) is 42.5 Å². The molecule has 0 radical (unpaired) electrons. The zero-order chi connectivity index (χ0) is 54.3. The molecule has 15 rings (SSSR count). The van der Waals surface area contributed by atoms with Gasteiger partial charge in [-0.3, -0.25) is 0 Å². The number of fused-ring (bicyclic) bond motifs is 8. The van der Waals surface area contributed by atoms with Crippen molar-refractivity contribution in [3.63, 3.8) is 0 Å². The van der Waals surface area contributed by atoms with Crippen LogP contribution in [-0.2, 0) is 37.3 Å². The monoisotopic (exact) mass is 1250 g/mol. The van der Waals surface area contributed by atoms with Gasteiger partial charge in [-0.25, -0.2) is 4.98 Å². The van der Waals surface area contributed by atoms with Crippen LogP contribution in [0.15, 0.2) is 200 Å². The van der Waals surface area contributed by atoms with Crippen LogP contribution in [0.4, 0.5) is 22.7 Å². The molecule has 82 heavy (non-hydrogen) atoms. The molecule has 4 saturated carbocycles. The van der Waals surface area contributed by atoms with E-state index in [1.165, 1.54) is 127 Å². The Morgan fingerprint density at radius 2 is 1.02 bits per heavy atom. The van der Waals surface area contributed by atoms with E-state index in [-0.39, 0.29) is 37.3 Å². The Bertz CT molecular complexity index is 3820. The number of para-hydroxylation sites is 3. The molecule has 0 atom stereocenters. The van der Waals surface area contributed by atoms with Crippen molar-refractivity contribution in [2.45, 2.75) is 114 Å². The third-order valence-electron chi connectivity index (χ3n) is 20.1. The van der Waals surface area contributed by atoms with Crippen molar-refractivity contribution in [3.05, 3.63) is 247 Å². The van der Waals surface area contributed by atoms with Crippen molar-refractivity contribution < 1.29 is 25.8 Å². The minimum absolute atomic E-state index is 0. The maximum absolute atomic E-state index is 6.91. The van der Waals surface area contributed by atoms with Crippen LogP contribution in [0.1, 0.15) is 126 Å². The van der Waals surface area contributed by atoms with Crippen LogP contribution in [0.3, 0.4) is 0 Å². The largest absolute Gasteiger partial charge is 0.509 e. The maximum Gasteiger partial charge on any atom is 0.135 e. The summed E-state index contributed by atoms with van der Waals surface area (Å²) in [7, 11) is 0. The average Bonchev–Trinajstić information content (AvgIpc) is 4.19. The van der Waals surface area contributed by atoms with Gasteiger partial charge in [0, 0.05) is 72.2 Å². The number of anilines is 4. The van der Waals surface area contributed by atoms with E-state index < -0.39 is 0 Å². The summed E-state index contributed by atoms with van der Waals surface area (Å²) >= 11 is 0. The van der Waals surface area contributed by atoms with Gasteiger partial charge in [0.15, 0.2) is 0 Å². The van der Waals surface area contributed by atoms with Crippen LogP contribution in [0.2, 0.25) is 0 Å². The molecule has 414 valence electrons. The summed E-state index contributed by atoms with van der Waals surface area (Å²) in [5.41, 5.74) is 16.1. The summed E-state index contributed by atoms with van der Waals surface area (Å²) in [4.78, 5) is 10.00. The fraction of sp³-hybridized carbons (Fsp3) is 0.289. The molecular formula is C76H71N4OPt-3. The first-order valence-electron chi connectivity index (χ1n) is 30.3. The molecule has 4 aliphatic carbocycles. The van der Waals surface area contributed by atoms with Gasteiger partial charge < -0.3 is 19.1 Å². The SMILES string of the molecule is CC(C)(C)c1ccnc(-n2c3[c-]c(Oc4[c-]c(N5[CH-]N(c6c(C7(c8ccccc8)C8CCCC7CCC8)cc(-c7ccccc7)cc6C6(c7ccccc7)C7CCCC6CCC7)c6ccccc65)ccc4)ccc3c3ccccc32)c1.[Pt]. The molecule has 10 aromatic rings. The number of pyridine rings is 1. The topological polar surface area (TPSA) is 33.5 Å². The first kappa shape index (κ1) is 52.8. The van der Waals surface area contributed by atoms with Crippen LogP contribution >= 0.6 is 0 Å². The molecule has 3 heterocycles. The van der Waals surface area contributed by atoms with Crippen LogP contribution in [-0.4, -0.2) is 9.55 Å². The van der Waals surface area contributed by atoms with Gasteiger partial charge >= 0.3 is 0 Å². The van der Waals surface area contributed by atoms with Crippen molar-refractivity contribution in [3.8, 4) is 28.4 Å². The van der Waals surface area contributed by atoms with Gasteiger partial charge in [0.25, 0.3) is 0 Å². The molecule has 6 heteroatoms. The van der Waals surface area contributed by atoms with Crippen LogP contribution in [0.25, 0.3) is 38.8 Å². The second-order valence-corrected chi connectivity index (χ2v) is 25.2. The van der Waals surface area contributed by atoms with Gasteiger partial charge in [-0.05, 0) is 167 Å². The Balaban J connectivity index is 0.00000602. The Morgan fingerprint density at radius 1 is 0.500 bits per heavy atom. The van der Waals surface area contributed by atoms with Gasteiger partial charge in [-0.2, -0.15) is 12.1 Å². The fourth-order valence-electron chi connectivity index (χ4n) is 16.8. The van der Waals surface area contributed by atoms with Crippen molar-refractivity contribution >= 4 is 44.6 Å². The Hall–Kier alpha value is -7.20. The van der Waals surface area contributed by atoms with Gasteiger partial charge in [-0.15, -0.1) is 48.1 Å². The van der Waals surface area contributed by atoms with E-state index in [1.54, 1.807) is 0 Å². The second kappa shape index (κ2) is 21.2. The molecule has 2 aromatic heterocycles. The van der Waals surface area contributed by atoms with Crippen LogP contribution < -0.4 is 14.5 Å². The molecule has 4 fully saturated rings. The summed E-state index contributed by atoms with van der Waals surface area (Å²) in [5, 5.41) is 2.26. The quantitative estimate of drug-likeness (QED) is 0.128. The number of hydrogen-bond donors (Lipinski definition) is 0. The van der Waals surface area contributed by atoms with E-state index >= 15 is 0 Å². The molecule has 0 spiro atoms. The zero-order valence-electron chi connectivity index (χ0n) is 47.4. The third-order valence-corrected chi connectivity index (χ3v) is 20.1. The summed E-state index contributed by atoms with van der Waals surface area (Å²) < 4.78 is 9.15. The summed E-state index contributed by atoms with van der Waals surface area (Å²) in [6.45, 7) is 9.18. The van der Waals surface area contributed by atoms with Gasteiger partial charge in [0.05, 0.1) is 0 Å². The smallest absolute Gasteiger partial charge is 0.135 e. The normalized spacial score (nSPS) is 23.1. The number of benzene rings is 8. The summed E-state index contributed by atoms with van der Waals surface area (Å²) in [6.07, 6.45) is 17.0. The summed E-state index contributed by atoms with van der Waals surface area (Å²) in [5.74, 6) is 4.19. The molecule has 0 saturated heterocycles. The standard InChI is InChI=1S/C76H71N4O.Pt/c1-74(2,3)60-44-45-77-72(48-60)80-68-39-14-13-38-64(68)65-43-42-63(50-71(65)80)81-62-37-21-36-61(49-62)78-51-79(70-41-16-15-40-69(70)78)73-66(75(54-24-9-5-10-25-54)56-28-17-29-57(75)31-18-30-56)46-53(52-22-7-4-8-23-52)47-67(73)76(55-26-11-6-12-27-55)58-32-19-33-59(76)35-20-34-58;/h4-16,21-27,36-48,51,56-59H,17-20,28-35H2,1-3H3;/q-3;. The molecule has 0 N–H and O–H groups in total. The Kier molecular flexibility index (Phi) is 13.7. The number of nitrogens with zero attached hydrogens (tertiary/aromatic N) is 4. The molecule has 0 unspecified atom stereocenters. The Morgan fingerprint density at radius 3 is 1.61 bits per heavy atom. The van der Waals surface area contributed by atoms with Gasteiger partial charge in [0.2, 0.25) is 0 Å². The van der Waals surface area contributed by atoms with E-state index in [4.69, 9.17) is 9.72 Å². The van der Waals surface area contributed by atoms with E-state index in [9.17, 15) is 0 Å². The summed E-state index contributed by atoms with van der Waals surface area (Å²) in [6, 6.07) is 80.7. The number of rotatable bonds is 10. The van der Waals surface area contributed by atoms with E-state index in [1.807, 2.05) is 18.3 Å². The predicted octanol–water partition coefficient (Wildman–Crippen LogP) is 19.7. The van der Waals surface area contributed by atoms with Crippen molar-refractivity contribution in [2.24, 2.45) is 23.7 Å². The van der Waals surface area contributed by atoms with E-state index in [0.717, 1.165) is 39.0 Å². The van der Waals surface area contributed by atoms with Gasteiger partial charge in [0.1, 0.15) is 5.82 Å². The average molecular weight is 1250 g/mol. The van der Waals surface area contributed by atoms with E-state index in [2.05, 4.69) is 236 Å². The zero-order valence-corrected chi connectivity index (χ0v) is 49.7. The first-order valence-corrected chi connectivity index (χ1v) is 30.3. The number of hydrogen-bond acceptors (Lipinski definition) is 4. The molecule has 5 nitrogen and oxygen atoms in total. The fourth-order valence-corrected chi connectivity index (χ4v) is 16.8. The van der Waals surface area contributed by atoms with E-state index in [0.29, 0.717) is 35.2 Å². The molecule has 0 amide bonds. The van der Waals surface area contributed by atoms with Crippen molar-refractivity contribution in [2.75, 3.05) is 9.80 Å². The maximum atomic E-state index is 6.91. The molecule has 4 bridgehead atoms. The second-order valence-electron chi connectivity index (χ2n) is 25.2. The van der Waals surface area contributed by atoms with Crippen molar-refractivity contribution in [1.82, 2.24) is 9.55 Å². The molecule has 8 aromatic carbocycles. The molecule has 1 aliphatic heterocycles. The van der Waals surface area contributed by atoms with Crippen LogP contribution in [0.5, 0.6) is 11.5 Å². The first-order chi connectivity index (χ1) is 39.8. The minimum Gasteiger partial charge on any atom is -0.509 e. The number of ether oxygens (including phenoxy) is 1.